The lowest BCUT2D eigenvalue weighted by Crippen LogP contribution is -2.17. The third kappa shape index (κ3) is 9.89. The molecule has 1 aliphatic heterocycles. The third-order valence-corrected chi connectivity index (χ3v) is 3.73. The first-order chi connectivity index (χ1) is 9.43. The topological polar surface area (TPSA) is 24.4 Å². The molecule has 110 valence electrons. The van der Waals surface area contributed by atoms with Crippen molar-refractivity contribution < 1.29 is 0 Å². The molecule has 0 amide bonds. The summed E-state index contributed by atoms with van der Waals surface area (Å²) in [5.41, 5.74) is 1.21. The van der Waals surface area contributed by atoms with Gasteiger partial charge in [-0.25, -0.2) is 0 Å². The van der Waals surface area contributed by atoms with Gasteiger partial charge in [0.1, 0.15) is 0 Å². The molecule has 0 aromatic rings. The maximum atomic E-state index is 4.30. The number of hydrogen-bond acceptors (Lipinski definition) is 2. The molecular weight excluding hydrogens is 232 g/mol. The van der Waals surface area contributed by atoms with Crippen LogP contribution in [0.15, 0.2) is 16.8 Å². The molecule has 0 unspecified atom stereocenters. The van der Waals surface area contributed by atoms with Crippen molar-refractivity contribution in [2.75, 3.05) is 13.1 Å². The van der Waals surface area contributed by atoms with E-state index in [0.717, 1.165) is 19.5 Å². The molecule has 0 fully saturated rings. The van der Waals surface area contributed by atoms with Crippen LogP contribution in [0.4, 0.5) is 0 Å². The Hall–Kier alpha value is -0.630. The summed E-state index contributed by atoms with van der Waals surface area (Å²) in [6.07, 6.45) is 19.3. The second kappa shape index (κ2) is 12.4. The largest absolute Gasteiger partial charge is 0.311 e. The SMILES string of the molecule is CCCCCCCCCCCCNCC1=CCC=N1. The van der Waals surface area contributed by atoms with Gasteiger partial charge in [-0.2, -0.15) is 0 Å². The Labute approximate surface area is 119 Å². The number of hydrogen-bond donors (Lipinski definition) is 1. The van der Waals surface area contributed by atoms with E-state index in [0.29, 0.717) is 0 Å². The second-order valence-electron chi connectivity index (χ2n) is 5.60. The molecule has 0 aromatic heterocycles. The molecule has 0 aliphatic carbocycles. The molecule has 19 heavy (non-hydrogen) atoms. The number of allylic oxidation sites excluding steroid dienone is 1. The van der Waals surface area contributed by atoms with Crippen LogP contribution in [-0.4, -0.2) is 19.3 Å². The van der Waals surface area contributed by atoms with Gasteiger partial charge in [0.2, 0.25) is 0 Å². The fraction of sp³-hybridized carbons (Fsp3) is 0.824. The summed E-state index contributed by atoms with van der Waals surface area (Å²) in [7, 11) is 0. The van der Waals surface area contributed by atoms with Crippen molar-refractivity contribution in [3.05, 3.63) is 11.8 Å². The van der Waals surface area contributed by atoms with Crippen LogP contribution in [0, 0.1) is 0 Å². The molecule has 0 saturated carbocycles. The van der Waals surface area contributed by atoms with Gasteiger partial charge >= 0.3 is 0 Å². The van der Waals surface area contributed by atoms with Gasteiger partial charge in [0, 0.05) is 19.2 Å². The van der Waals surface area contributed by atoms with Crippen LogP contribution in [0.1, 0.15) is 77.6 Å². The number of aliphatic imine (C=N–C) groups is 1. The molecule has 0 aromatic carbocycles. The predicted octanol–water partition coefficient (Wildman–Crippen LogP) is 4.86. The molecule has 0 radical (unpaired) electrons. The summed E-state index contributed by atoms with van der Waals surface area (Å²) < 4.78 is 0. The van der Waals surface area contributed by atoms with E-state index in [1.165, 1.54) is 69.9 Å². The van der Waals surface area contributed by atoms with Gasteiger partial charge in [-0.1, -0.05) is 70.8 Å². The van der Waals surface area contributed by atoms with Crippen molar-refractivity contribution in [1.29, 1.82) is 0 Å². The molecule has 1 rings (SSSR count). The molecule has 2 nitrogen and oxygen atoms in total. The van der Waals surface area contributed by atoms with E-state index in [-0.39, 0.29) is 0 Å². The number of rotatable bonds is 13. The number of unbranched alkanes of at least 4 members (excludes halogenated alkanes) is 9. The molecule has 1 aliphatic rings. The lowest BCUT2D eigenvalue weighted by atomic mass is 10.1. The maximum absolute atomic E-state index is 4.30. The van der Waals surface area contributed by atoms with Crippen LogP contribution in [0.5, 0.6) is 0 Å². The van der Waals surface area contributed by atoms with Crippen molar-refractivity contribution in [2.45, 2.75) is 77.6 Å². The minimum Gasteiger partial charge on any atom is -0.311 e. The Balaban J connectivity index is 1.70. The standard InChI is InChI=1S/C17H32N2/c1-2-3-4-5-6-7-8-9-10-11-14-18-16-17-13-12-15-19-17/h13,15,18H,2-12,14,16H2,1H3. The molecular formula is C17H32N2. The summed E-state index contributed by atoms with van der Waals surface area (Å²) in [6, 6.07) is 0. The Bertz CT molecular complexity index is 256. The smallest absolute Gasteiger partial charge is 0.0501 e. The van der Waals surface area contributed by atoms with Crippen molar-refractivity contribution >= 4 is 6.21 Å². The monoisotopic (exact) mass is 264 g/mol. The van der Waals surface area contributed by atoms with Crippen LogP contribution >= 0.6 is 0 Å². The molecule has 1 heterocycles. The van der Waals surface area contributed by atoms with Gasteiger partial charge in [-0.05, 0) is 13.0 Å². The Morgan fingerprint density at radius 2 is 1.58 bits per heavy atom. The highest BCUT2D eigenvalue weighted by Crippen LogP contribution is 2.10. The summed E-state index contributed by atoms with van der Waals surface area (Å²) in [5.74, 6) is 0. The van der Waals surface area contributed by atoms with Crippen LogP contribution in [-0.2, 0) is 0 Å². The first-order valence-corrected chi connectivity index (χ1v) is 8.35. The average Bonchev–Trinajstić information content (AvgIpc) is 2.93. The molecule has 0 bridgehead atoms. The minimum absolute atomic E-state index is 0.952. The van der Waals surface area contributed by atoms with E-state index < -0.39 is 0 Å². The normalized spacial score (nSPS) is 14.1. The molecule has 0 saturated heterocycles. The maximum Gasteiger partial charge on any atom is 0.0501 e. The van der Waals surface area contributed by atoms with Gasteiger partial charge < -0.3 is 5.32 Å². The Morgan fingerprint density at radius 1 is 0.947 bits per heavy atom. The van der Waals surface area contributed by atoms with Crippen molar-refractivity contribution in [3.8, 4) is 0 Å². The highest BCUT2D eigenvalue weighted by atomic mass is 14.9. The van der Waals surface area contributed by atoms with E-state index in [9.17, 15) is 0 Å². The first-order valence-electron chi connectivity index (χ1n) is 8.35. The average molecular weight is 264 g/mol. The van der Waals surface area contributed by atoms with E-state index in [1.54, 1.807) is 0 Å². The van der Waals surface area contributed by atoms with Crippen molar-refractivity contribution in [3.63, 3.8) is 0 Å². The second-order valence-corrected chi connectivity index (χ2v) is 5.60. The highest BCUT2D eigenvalue weighted by molar-refractivity contribution is 5.64. The van der Waals surface area contributed by atoms with Crippen molar-refractivity contribution in [1.82, 2.24) is 5.32 Å². The summed E-state index contributed by atoms with van der Waals surface area (Å²) >= 11 is 0. The first kappa shape index (κ1) is 16.4. The lowest BCUT2D eigenvalue weighted by Gasteiger charge is -2.04. The van der Waals surface area contributed by atoms with Gasteiger partial charge in [-0.3, -0.25) is 4.99 Å². The van der Waals surface area contributed by atoms with Gasteiger partial charge in [0.05, 0.1) is 5.70 Å². The van der Waals surface area contributed by atoms with Crippen LogP contribution in [0.25, 0.3) is 0 Å². The summed E-state index contributed by atoms with van der Waals surface area (Å²) in [6.45, 7) is 4.38. The fourth-order valence-electron chi connectivity index (χ4n) is 2.48. The summed E-state index contributed by atoms with van der Waals surface area (Å²) in [4.78, 5) is 4.30. The molecule has 2 heteroatoms. The van der Waals surface area contributed by atoms with Gasteiger partial charge in [-0.15, -0.1) is 0 Å². The predicted molar refractivity (Wildman–Crippen MR) is 85.9 cm³/mol. The van der Waals surface area contributed by atoms with Crippen LogP contribution in [0.2, 0.25) is 0 Å². The zero-order valence-corrected chi connectivity index (χ0v) is 12.8. The molecule has 1 N–H and O–H groups in total. The third-order valence-electron chi connectivity index (χ3n) is 3.73. The minimum atomic E-state index is 0.952. The summed E-state index contributed by atoms with van der Waals surface area (Å²) in [5, 5.41) is 3.47. The van der Waals surface area contributed by atoms with E-state index in [4.69, 9.17) is 0 Å². The molecule has 0 atom stereocenters. The van der Waals surface area contributed by atoms with Gasteiger partial charge in [0.25, 0.3) is 0 Å². The van der Waals surface area contributed by atoms with E-state index >= 15 is 0 Å². The number of nitrogens with zero attached hydrogens (tertiary/aromatic N) is 1. The zero-order chi connectivity index (χ0) is 13.6. The highest BCUT2D eigenvalue weighted by Gasteiger charge is 1.98. The fourth-order valence-corrected chi connectivity index (χ4v) is 2.48. The van der Waals surface area contributed by atoms with Gasteiger partial charge in [0.15, 0.2) is 0 Å². The number of nitrogens with one attached hydrogen (secondary N) is 1. The van der Waals surface area contributed by atoms with Crippen molar-refractivity contribution in [2.24, 2.45) is 4.99 Å². The van der Waals surface area contributed by atoms with Crippen LogP contribution in [0.3, 0.4) is 0 Å². The molecule has 0 spiro atoms. The quantitative estimate of drug-likeness (QED) is 0.472. The van der Waals surface area contributed by atoms with Crippen LogP contribution < -0.4 is 5.32 Å². The Kier molecular flexibility index (Phi) is 10.7. The lowest BCUT2D eigenvalue weighted by molar-refractivity contribution is 0.547. The zero-order valence-electron chi connectivity index (χ0n) is 12.8. The Morgan fingerprint density at radius 3 is 2.16 bits per heavy atom. The van der Waals surface area contributed by atoms with E-state index in [1.807, 2.05) is 6.21 Å². The van der Waals surface area contributed by atoms with E-state index in [2.05, 4.69) is 23.3 Å².